The van der Waals surface area contributed by atoms with Crippen LogP contribution in [0.3, 0.4) is 0 Å². The number of hydrogen-bond donors (Lipinski definition) is 1. The molecule has 1 aliphatic heterocycles. The fourth-order valence-corrected chi connectivity index (χ4v) is 5.77. The van der Waals surface area contributed by atoms with Crippen molar-refractivity contribution in [2.75, 3.05) is 18.0 Å². The summed E-state index contributed by atoms with van der Waals surface area (Å²) in [6, 6.07) is 18.3. The number of anilines is 1. The van der Waals surface area contributed by atoms with Crippen LogP contribution in [0.2, 0.25) is 5.02 Å². The van der Waals surface area contributed by atoms with Crippen molar-refractivity contribution in [1.29, 1.82) is 0 Å². The Hall–Kier alpha value is -3.23. The molecule has 0 radical (unpaired) electrons. The number of nitrogens with one attached hydrogen (secondary N) is 1. The van der Waals surface area contributed by atoms with Gasteiger partial charge in [-0.05, 0) is 60.9 Å². The summed E-state index contributed by atoms with van der Waals surface area (Å²) in [5.74, 6) is 0.635. The van der Waals surface area contributed by atoms with Gasteiger partial charge in [0, 0.05) is 5.02 Å². The topological polar surface area (TPSA) is 84.9 Å². The first kappa shape index (κ1) is 24.9. The largest absolute Gasteiger partial charge is 0.496 e. The molecule has 0 aromatic heterocycles. The summed E-state index contributed by atoms with van der Waals surface area (Å²) >= 11 is 6.16. The first-order valence-electron chi connectivity index (χ1n) is 11.2. The fraction of sp³-hybridized carbons (Fsp3) is 0.269. The van der Waals surface area contributed by atoms with E-state index in [2.05, 4.69) is 5.32 Å². The zero-order valence-electron chi connectivity index (χ0n) is 19.7. The van der Waals surface area contributed by atoms with Crippen LogP contribution in [-0.2, 0) is 14.8 Å². The van der Waals surface area contributed by atoms with E-state index in [-0.39, 0.29) is 23.2 Å². The molecule has 35 heavy (non-hydrogen) atoms. The van der Waals surface area contributed by atoms with E-state index in [1.165, 1.54) is 22.5 Å². The Morgan fingerprint density at radius 2 is 1.91 bits per heavy atom. The standard InChI is InChI=1S/C26H27ClN2O5S/c1-4-21(18-10-12-23(33-3)17(2)14-18)28-26(30)25-16-29(22-15-19(27)11-13-24(22)34-25)35(31,32)20-8-6-5-7-9-20/h5-15,21,25H,4,16H2,1-3H3,(H,28,30)/t21-,25+/m0/s1. The Labute approximate surface area is 210 Å². The molecule has 2 atom stereocenters. The van der Waals surface area contributed by atoms with E-state index in [9.17, 15) is 13.2 Å². The maximum absolute atomic E-state index is 13.5. The molecule has 0 spiro atoms. The monoisotopic (exact) mass is 514 g/mol. The number of benzene rings is 3. The number of rotatable bonds is 7. The second kappa shape index (κ2) is 10.2. The van der Waals surface area contributed by atoms with Crippen LogP contribution in [0.15, 0.2) is 71.6 Å². The van der Waals surface area contributed by atoms with Gasteiger partial charge >= 0.3 is 0 Å². The zero-order chi connectivity index (χ0) is 25.2. The van der Waals surface area contributed by atoms with Crippen LogP contribution in [0, 0.1) is 6.92 Å². The summed E-state index contributed by atoms with van der Waals surface area (Å²) in [4.78, 5) is 13.4. The first-order valence-corrected chi connectivity index (χ1v) is 13.0. The molecule has 4 rings (SSSR count). The molecule has 0 saturated heterocycles. The molecule has 3 aromatic rings. The number of hydrogen-bond acceptors (Lipinski definition) is 5. The normalized spacial score (nSPS) is 16.1. The lowest BCUT2D eigenvalue weighted by Crippen LogP contribution is -2.51. The average Bonchev–Trinajstić information content (AvgIpc) is 2.86. The molecule has 0 aliphatic carbocycles. The highest BCUT2D eigenvalue weighted by molar-refractivity contribution is 7.92. The molecule has 1 heterocycles. The summed E-state index contributed by atoms with van der Waals surface area (Å²) in [5, 5.41) is 3.38. The maximum Gasteiger partial charge on any atom is 0.264 e. The average molecular weight is 515 g/mol. The summed E-state index contributed by atoms with van der Waals surface area (Å²) in [6.45, 7) is 3.72. The van der Waals surface area contributed by atoms with Crippen molar-refractivity contribution in [3.8, 4) is 11.5 Å². The lowest BCUT2D eigenvalue weighted by atomic mass is 10.0. The van der Waals surface area contributed by atoms with Crippen molar-refractivity contribution < 1.29 is 22.7 Å². The summed E-state index contributed by atoms with van der Waals surface area (Å²) in [5.41, 5.74) is 2.18. The van der Waals surface area contributed by atoms with Crippen LogP contribution < -0.4 is 19.1 Å². The molecule has 9 heteroatoms. The predicted molar refractivity (Wildman–Crippen MR) is 136 cm³/mol. The van der Waals surface area contributed by atoms with Gasteiger partial charge in [-0.1, -0.05) is 48.9 Å². The molecule has 1 aliphatic rings. The summed E-state index contributed by atoms with van der Waals surface area (Å²) in [6.07, 6.45) is -0.404. The van der Waals surface area contributed by atoms with Crippen LogP contribution in [-0.4, -0.2) is 34.1 Å². The fourth-order valence-electron chi connectivity index (χ4n) is 4.11. The second-order valence-electron chi connectivity index (χ2n) is 8.27. The summed E-state index contributed by atoms with van der Waals surface area (Å²) < 4.78 is 39.5. The molecule has 3 aromatic carbocycles. The quantitative estimate of drug-likeness (QED) is 0.485. The zero-order valence-corrected chi connectivity index (χ0v) is 21.3. The number of ether oxygens (including phenoxy) is 2. The van der Waals surface area contributed by atoms with Gasteiger partial charge < -0.3 is 14.8 Å². The van der Waals surface area contributed by atoms with Gasteiger partial charge in [-0.15, -0.1) is 0 Å². The van der Waals surface area contributed by atoms with Crippen LogP contribution >= 0.6 is 11.6 Å². The highest BCUT2D eigenvalue weighted by Crippen LogP contribution is 2.39. The van der Waals surface area contributed by atoms with E-state index in [4.69, 9.17) is 21.1 Å². The van der Waals surface area contributed by atoms with Crippen LogP contribution in [0.5, 0.6) is 11.5 Å². The van der Waals surface area contributed by atoms with Crippen LogP contribution in [0.1, 0.15) is 30.5 Å². The van der Waals surface area contributed by atoms with Crippen molar-refractivity contribution in [2.24, 2.45) is 0 Å². The number of methoxy groups -OCH3 is 1. The van der Waals surface area contributed by atoms with Crippen molar-refractivity contribution in [1.82, 2.24) is 5.32 Å². The second-order valence-corrected chi connectivity index (χ2v) is 10.6. The van der Waals surface area contributed by atoms with Gasteiger partial charge in [0.2, 0.25) is 0 Å². The van der Waals surface area contributed by atoms with Gasteiger partial charge in [-0.3, -0.25) is 9.10 Å². The van der Waals surface area contributed by atoms with Crippen molar-refractivity contribution >= 4 is 33.2 Å². The number of halogens is 1. The van der Waals surface area contributed by atoms with Gasteiger partial charge in [-0.25, -0.2) is 8.42 Å². The van der Waals surface area contributed by atoms with Crippen molar-refractivity contribution in [3.63, 3.8) is 0 Å². The SMILES string of the molecule is CC[C@H](NC(=O)[C@H]1CN(S(=O)(=O)c2ccccc2)c2cc(Cl)ccc2O1)c1ccc(OC)c(C)c1. The van der Waals surface area contributed by atoms with E-state index in [0.29, 0.717) is 17.1 Å². The first-order chi connectivity index (χ1) is 16.7. The third-order valence-electron chi connectivity index (χ3n) is 5.96. The number of amides is 1. The van der Waals surface area contributed by atoms with Gasteiger partial charge in [0.15, 0.2) is 6.10 Å². The number of aryl methyl sites for hydroxylation is 1. The van der Waals surface area contributed by atoms with Crippen LogP contribution in [0.25, 0.3) is 0 Å². The minimum absolute atomic E-state index is 0.118. The Kier molecular flexibility index (Phi) is 7.23. The van der Waals surface area contributed by atoms with Crippen LogP contribution in [0.4, 0.5) is 5.69 Å². The molecule has 0 saturated carbocycles. The third-order valence-corrected chi connectivity index (χ3v) is 7.99. The minimum atomic E-state index is -3.96. The van der Waals surface area contributed by atoms with Gasteiger partial charge in [0.05, 0.1) is 30.3 Å². The Morgan fingerprint density at radius 1 is 1.17 bits per heavy atom. The molecule has 1 N–H and O–H groups in total. The van der Waals surface area contributed by atoms with Gasteiger partial charge in [0.1, 0.15) is 11.5 Å². The number of fused-ring (bicyclic) bond motifs is 1. The lowest BCUT2D eigenvalue weighted by Gasteiger charge is -2.35. The van der Waals surface area contributed by atoms with E-state index < -0.39 is 22.0 Å². The molecule has 1 amide bonds. The molecule has 0 fully saturated rings. The van der Waals surface area contributed by atoms with Gasteiger partial charge in [-0.2, -0.15) is 0 Å². The van der Waals surface area contributed by atoms with Crippen molar-refractivity contribution in [2.45, 2.75) is 37.3 Å². The summed E-state index contributed by atoms with van der Waals surface area (Å²) in [7, 11) is -2.34. The Balaban J connectivity index is 1.63. The minimum Gasteiger partial charge on any atom is -0.496 e. The highest BCUT2D eigenvalue weighted by atomic mass is 35.5. The number of carbonyl (C=O) groups is 1. The van der Waals surface area contributed by atoms with E-state index in [1.54, 1.807) is 37.4 Å². The van der Waals surface area contributed by atoms with E-state index >= 15 is 0 Å². The number of carbonyl (C=O) groups excluding carboxylic acids is 1. The molecular weight excluding hydrogens is 488 g/mol. The van der Waals surface area contributed by atoms with Gasteiger partial charge in [0.25, 0.3) is 15.9 Å². The Bertz CT molecular complexity index is 1330. The molecule has 0 unspecified atom stereocenters. The lowest BCUT2D eigenvalue weighted by molar-refractivity contribution is -0.128. The highest BCUT2D eigenvalue weighted by Gasteiger charge is 2.38. The smallest absolute Gasteiger partial charge is 0.264 e. The van der Waals surface area contributed by atoms with E-state index in [1.807, 2.05) is 32.0 Å². The molecular formula is C26H27ClN2O5S. The van der Waals surface area contributed by atoms with E-state index in [0.717, 1.165) is 16.9 Å². The molecule has 0 bridgehead atoms. The molecule has 7 nitrogen and oxygen atoms in total. The Morgan fingerprint density at radius 3 is 2.57 bits per heavy atom. The number of nitrogens with zero attached hydrogens (tertiary/aromatic N) is 1. The predicted octanol–water partition coefficient (Wildman–Crippen LogP) is 4.88. The molecule has 184 valence electrons. The number of sulfonamides is 1. The maximum atomic E-state index is 13.5. The van der Waals surface area contributed by atoms with Crippen molar-refractivity contribution in [3.05, 3.63) is 82.9 Å². The third kappa shape index (κ3) is 5.09.